The topological polar surface area (TPSA) is 69.7 Å². The van der Waals surface area contributed by atoms with Gasteiger partial charge in [-0.3, -0.25) is 14.4 Å². The Morgan fingerprint density at radius 2 is 1.71 bits per heavy atom. The van der Waals surface area contributed by atoms with Gasteiger partial charge >= 0.3 is 0 Å². The number of carbonyl (C=O) groups is 3. The zero-order chi connectivity index (χ0) is 19.9. The van der Waals surface area contributed by atoms with Gasteiger partial charge in [0.25, 0.3) is 0 Å². The predicted molar refractivity (Wildman–Crippen MR) is 107 cm³/mol. The summed E-state index contributed by atoms with van der Waals surface area (Å²) in [4.78, 5) is 41.6. The van der Waals surface area contributed by atoms with E-state index >= 15 is 0 Å². The van der Waals surface area contributed by atoms with Crippen LogP contribution >= 0.6 is 0 Å². The molecular formula is C22H31N3O3. The van der Waals surface area contributed by atoms with Crippen LogP contribution in [0.5, 0.6) is 0 Å². The molecule has 2 fully saturated rings. The lowest BCUT2D eigenvalue weighted by molar-refractivity contribution is -0.139. The van der Waals surface area contributed by atoms with Gasteiger partial charge < -0.3 is 15.1 Å². The van der Waals surface area contributed by atoms with E-state index in [-0.39, 0.29) is 23.6 Å². The Labute approximate surface area is 167 Å². The zero-order valence-electron chi connectivity index (χ0n) is 16.7. The van der Waals surface area contributed by atoms with Crippen LogP contribution in [-0.2, 0) is 20.8 Å². The number of hydrogen-bond acceptors (Lipinski definition) is 3. The average molecular weight is 386 g/mol. The second-order valence-electron chi connectivity index (χ2n) is 7.82. The molecular weight excluding hydrogens is 354 g/mol. The second kappa shape index (κ2) is 9.71. The van der Waals surface area contributed by atoms with Gasteiger partial charge in [-0.15, -0.1) is 0 Å². The fourth-order valence-corrected chi connectivity index (χ4v) is 4.14. The predicted octanol–water partition coefficient (Wildman–Crippen LogP) is 1.98. The first-order valence-electron chi connectivity index (χ1n) is 10.5. The normalized spacial score (nSPS) is 20.7. The molecule has 0 bridgehead atoms. The van der Waals surface area contributed by atoms with Crippen LogP contribution in [0.3, 0.4) is 0 Å². The number of piperidine rings is 1. The second-order valence-corrected chi connectivity index (χ2v) is 7.82. The molecule has 1 aromatic carbocycles. The molecule has 2 unspecified atom stereocenters. The number of amides is 3. The standard InChI is InChI=1S/C22H31N3O3/c1-2-20(26)25-14-8-11-18(16-25)21(27)23-19(15-17-9-4-3-5-10-17)22(28)24-12-6-7-13-24/h3-5,9-10,18-19H,2,6-8,11-16H2,1H3,(H,23,27). The molecule has 2 saturated heterocycles. The number of carbonyl (C=O) groups excluding carboxylic acids is 3. The molecule has 3 amide bonds. The summed E-state index contributed by atoms with van der Waals surface area (Å²) in [6, 6.07) is 9.26. The van der Waals surface area contributed by atoms with E-state index in [1.54, 1.807) is 4.90 Å². The van der Waals surface area contributed by atoms with E-state index in [0.717, 1.165) is 50.9 Å². The van der Waals surface area contributed by atoms with Crippen molar-refractivity contribution in [2.75, 3.05) is 26.2 Å². The Balaban J connectivity index is 1.68. The summed E-state index contributed by atoms with van der Waals surface area (Å²) in [5.41, 5.74) is 1.03. The Morgan fingerprint density at radius 1 is 1.04 bits per heavy atom. The van der Waals surface area contributed by atoms with E-state index in [2.05, 4.69) is 5.32 Å². The van der Waals surface area contributed by atoms with Gasteiger partial charge in [-0.1, -0.05) is 37.3 Å². The molecule has 0 aliphatic carbocycles. The Kier molecular flexibility index (Phi) is 7.06. The van der Waals surface area contributed by atoms with Gasteiger partial charge in [0, 0.05) is 39.0 Å². The van der Waals surface area contributed by atoms with Crippen molar-refractivity contribution in [1.29, 1.82) is 0 Å². The Morgan fingerprint density at radius 3 is 2.39 bits per heavy atom. The SMILES string of the molecule is CCC(=O)N1CCCC(C(=O)NC(Cc2ccccc2)C(=O)N2CCCC2)C1. The van der Waals surface area contributed by atoms with Crippen molar-refractivity contribution in [1.82, 2.24) is 15.1 Å². The van der Waals surface area contributed by atoms with E-state index in [9.17, 15) is 14.4 Å². The van der Waals surface area contributed by atoms with Gasteiger partial charge in [0.2, 0.25) is 17.7 Å². The maximum absolute atomic E-state index is 13.0. The van der Waals surface area contributed by atoms with E-state index in [0.29, 0.717) is 19.4 Å². The number of rotatable bonds is 6. The highest BCUT2D eigenvalue weighted by atomic mass is 16.2. The first kappa shape index (κ1) is 20.4. The highest BCUT2D eigenvalue weighted by Gasteiger charge is 2.32. The zero-order valence-corrected chi connectivity index (χ0v) is 16.7. The molecule has 2 aliphatic heterocycles. The van der Waals surface area contributed by atoms with Crippen molar-refractivity contribution in [3.05, 3.63) is 35.9 Å². The van der Waals surface area contributed by atoms with Crippen LogP contribution in [0.1, 0.15) is 44.6 Å². The van der Waals surface area contributed by atoms with Crippen LogP contribution in [0.4, 0.5) is 0 Å². The number of likely N-dealkylation sites (tertiary alicyclic amines) is 2. The molecule has 3 rings (SSSR count). The monoisotopic (exact) mass is 385 g/mol. The number of nitrogens with zero attached hydrogens (tertiary/aromatic N) is 2. The third-order valence-electron chi connectivity index (χ3n) is 5.76. The fourth-order valence-electron chi connectivity index (χ4n) is 4.14. The Bertz CT molecular complexity index is 686. The maximum Gasteiger partial charge on any atom is 0.245 e. The molecule has 6 heteroatoms. The maximum atomic E-state index is 13.0. The van der Waals surface area contributed by atoms with Gasteiger partial charge in [0.05, 0.1) is 5.92 Å². The van der Waals surface area contributed by atoms with Crippen LogP contribution in [0, 0.1) is 5.92 Å². The molecule has 0 saturated carbocycles. The van der Waals surface area contributed by atoms with E-state index in [4.69, 9.17) is 0 Å². The first-order chi connectivity index (χ1) is 13.6. The summed E-state index contributed by atoms with van der Waals surface area (Å²) in [5, 5.41) is 3.02. The molecule has 0 radical (unpaired) electrons. The summed E-state index contributed by atoms with van der Waals surface area (Å²) < 4.78 is 0. The van der Waals surface area contributed by atoms with Crippen molar-refractivity contribution in [2.45, 2.75) is 51.5 Å². The lowest BCUT2D eigenvalue weighted by atomic mass is 9.95. The van der Waals surface area contributed by atoms with Crippen molar-refractivity contribution in [3.8, 4) is 0 Å². The summed E-state index contributed by atoms with van der Waals surface area (Å²) in [7, 11) is 0. The largest absolute Gasteiger partial charge is 0.344 e. The average Bonchev–Trinajstić information content (AvgIpc) is 3.28. The Hall–Kier alpha value is -2.37. The van der Waals surface area contributed by atoms with Crippen molar-refractivity contribution < 1.29 is 14.4 Å². The molecule has 2 aliphatic rings. The minimum Gasteiger partial charge on any atom is -0.344 e. The van der Waals surface area contributed by atoms with Gasteiger partial charge in [-0.25, -0.2) is 0 Å². The lowest BCUT2D eigenvalue weighted by Gasteiger charge is -2.33. The van der Waals surface area contributed by atoms with Crippen LogP contribution < -0.4 is 5.32 Å². The molecule has 1 N–H and O–H groups in total. The third kappa shape index (κ3) is 5.12. The molecule has 6 nitrogen and oxygen atoms in total. The molecule has 28 heavy (non-hydrogen) atoms. The van der Waals surface area contributed by atoms with Crippen LogP contribution in [0.15, 0.2) is 30.3 Å². The van der Waals surface area contributed by atoms with E-state index in [1.165, 1.54) is 0 Å². The first-order valence-corrected chi connectivity index (χ1v) is 10.5. The highest BCUT2D eigenvalue weighted by molar-refractivity contribution is 5.89. The van der Waals surface area contributed by atoms with Crippen molar-refractivity contribution >= 4 is 17.7 Å². The minimum absolute atomic E-state index is 0.00648. The minimum atomic E-state index is -0.551. The van der Waals surface area contributed by atoms with Crippen molar-refractivity contribution in [3.63, 3.8) is 0 Å². The summed E-state index contributed by atoms with van der Waals surface area (Å²) >= 11 is 0. The van der Waals surface area contributed by atoms with Crippen LogP contribution in [0.25, 0.3) is 0 Å². The van der Waals surface area contributed by atoms with Gasteiger partial charge in [-0.2, -0.15) is 0 Å². The van der Waals surface area contributed by atoms with Gasteiger partial charge in [0.1, 0.15) is 6.04 Å². The van der Waals surface area contributed by atoms with E-state index in [1.807, 2.05) is 42.2 Å². The van der Waals surface area contributed by atoms with Crippen molar-refractivity contribution in [2.24, 2.45) is 5.92 Å². The number of hydrogen-bond donors (Lipinski definition) is 1. The highest BCUT2D eigenvalue weighted by Crippen LogP contribution is 2.19. The quantitative estimate of drug-likeness (QED) is 0.814. The smallest absolute Gasteiger partial charge is 0.245 e. The molecule has 0 aromatic heterocycles. The summed E-state index contributed by atoms with van der Waals surface area (Å²) in [5.74, 6) is -0.255. The molecule has 0 spiro atoms. The fraction of sp³-hybridized carbons (Fsp3) is 0.591. The summed E-state index contributed by atoms with van der Waals surface area (Å²) in [6.45, 7) is 4.55. The van der Waals surface area contributed by atoms with Gasteiger partial charge in [0.15, 0.2) is 0 Å². The molecule has 152 valence electrons. The van der Waals surface area contributed by atoms with Gasteiger partial charge in [-0.05, 0) is 31.2 Å². The van der Waals surface area contributed by atoms with Crippen LogP contribution in [-0.4, -0.2) is 59.7 Å². The number of nitrogens with one attached hydrogen (secondary N) is 1. The molecule has 2 heterocycles. The lowest BCUT2D eigenvalue weighted by Crippen LogP contribution is -2.53. The summed E-state index contributed by atoms with van der Waals surface area (Å²) in [6.07, 6.45) is 4.58. The third-order valence-corrected chi connectivity index (χ3v) is 5.76. The number of benzene rings is 1. The van der Waals surface area contributed by atoms with E-state index < -0.39 is 6.04 Å². The molecule has 2 atom stereocenters. The molecule has 1 aromatic rings. The van der Waals surface area contributed by atoms with Crippen LogP contribution in [0.2, 0.25) is 0 Å².